The van der Waals surface area contributed by atoms with Crippen molar-refractivity contribution < 1.29 is 9.53 Å². The maximum atomic E-state index is 11.2. The van der Waals surface area contributed by atoms with Gasteiger partial charge in [0.05, 0.1) is 6.61 Å². The van der Waals surface area contributed by atoms with Crippen molar-refractivity contribution in [1.29, 1.82) is 0 Å². The zero-order valence-corrected chi connectivity index (χ0v) is 11.2. The van der Waals surface area contributed by atoms with Crippen LogP contribution in [-0.2, 0) is 4.74 Å². The summed E-state index contributed by atoms with van der Waals surface area (Å²) in [6.07, 6.45) is 2.41. The van der Waals surface area contributed by atoms with Gasteiger partial charge < -0.3 is 9.64 Å². The van der Waals surface area contributed by atoms with E-state index in [4.69, 9.17) is 4.74 Å². The van der Waals surface area contributed by atoms with Crippen LogP contribution in [0.15, 0.2) is 24.3 Å². The lowest BCUT2D eigenvalue weighted by atomic mass is 10.0. The van der Waals surface area contributed by atoms with Crippen LogP contribution in [0.3, 0.4) is 0 Å². The molecule has 0 amide bonds. The highest BCUT2D eigenvalue weighted by Gasteiger charge is 2.16. The Hall–Kier alpha value is -1.35. The molecule has 1 fully saturated rings. The molecule has 0 aromatic heterocycles. The molecule has 3 heteroatoms. The van der Waals surface area contributed by atoms with Crippen molar-refractivity contribution in [2.45, 2.75) is 19.8 Å². The molecule has 1 atom stereocenters. The Kier molecular flexibility index (Phi) is 4.37. The van der Waals surface area contributed by atoms with Crippen LogP contribution in [0.2, 0.25) is 0 Å². The number of hydrogen-bond donors (Lipinski definition) is 0. The van der Waals surface area contributed by atoms with E-state index in [1.54, 1.807) is 6.92 Å². The molecule has 0 bridgehead atoms. The van der Waals surface area contributed by atoms with Crippen LogP contribution in [0.25, 0.3) is 0 Å². The molecule has 18 heavy (non-hydrogen) atoms. The molecular weight excluding hydrogens is 226 g/mol. The number of hydrogen-bond acceptors (Lipinski definition) is 3. The van der Waals surface area contributed by atoms with Crippen LogP contribution in [0.1, 0.15) is 30.1 Å². The summed E-state index contributed by atoms with van der Waals surface area (Å²) >= 11 is 0. The van der Waals surface area contributed by atoms with Gasteiger partial charge in [0.15, 0.2) is 5.78 Å². The third kappa shape index (κ3) is 3.33. The standard InChI is InChI=1S/C15H21NO2/c1-12(17)14-5-7-15(8-6-14)16(2)10-13-4-3-9-18-11-13/h5-8,13H,3-4,9-11H2,1-2H3. The first-order valence-electron chi connectivity index (χ1n) is 6.56. The second-order valence-corrected chi connectivity index (χ2v) is 5.07. The van der Waals surface area contributed by atoms with E-state index in [9.17, 15) is 4.79 Å². The van der Waals surface area contributed by atoms with Gasteiger partial charge in [-0.25, -0.2) is 0 Å². The van der Waals surface area contributed by atoms with Crippen molar-refractivity contribution in [3.05, 3.63) is 29.8 Å². The number of carbonyl (C=O) groups is 1. The van der Waals surface area contributed by atoms with Gasteiger partial charge >= 0.3 is 0 Å². The highest BCUT2D eigenvalue weighted by atomic mass is 16.5. The van der Waals surface area contributed by atoms with Crippen LogP contribution in [0.5, 0.6) is 0 Å². The molecule has 1 aromatic rings. The van der Waals surface area contributed by atoms with E-state index in [0.29, 0.717) is 5.92 Å². The van der Waals surface area contributed by atoms with E-state index < -0.39 is 0 Å². The highest BCUT2D eigenvalue weighted by Crippen LogP contribution is 2.19. The van der Waals surface area contributed by atoms with E-state index in [0.717, 1.165) is 31.0 Å². The minimum absolute atomic E-state index is 0.116. The lowest BCUT2D eigenvalue weighted by Crippen LogP contribution is -2.30. The molecule has 3 nitrogen and oxygen atoms in total. The monoisotopic (exact) mass is 247 g/mol. The summed E-state index contributed by atoms with van der Waals surface area (Å²) in [5.41, 5.74) is 1.93. The SMILES string of the molecule is CC(=O)c1ccc(N(C)CC2CCCOC2)cc1. The molecule has 2 rings (SSSR count). The number of ether oxygens (including phenoxy) is 1. The van der Waals surface area contributed by atoms with Gasteiger partial charge in [0, 0.05) is 31.5 Å². The quantitative estimate of drug-likeness (QED) is 0.766. The smallest absolute Gasteiger partial charge is 0.159 e. The van der Waals surface area contributed by atoms with Crippen molar-refractivity contribution in [2.75, 3.05) is 31.7 Å². The first-order valence-corrected chi connectivity index (χ1v) is 6.56. The topological polar surface area (TPSA) is 29.5 Å². The van der Waals surface area contributed by atoms with Gasteiger partial charge in [0.25, 0.3) is 0 Å². The Morgan fingerprint density at radius 2 is 2.11 bits per heavy atom. The summed E-state index contributed by atoms with van der Waals surface area (Å²) in [5, 5.41) is 0. The van der Waals surface area contributed by atoms with Crippen molar-refractivity contribution in [2.24, 2.45) is 5.92 Å². The van der Waals surface area contributed by atoms with Gasteiger partial charge in [-0.3, -0.25) is 4.79 Å². The Morgan fingerprint density at radius 1 is 1.39 bits per heavy atom. The van der Waals surface area contributed by atoms with Crippen molar-refractivity contribution in [3.8, 4) is 0 Å². The summed E-state index contributed by atoms with van der Waals surface area (Å²) in [6.45, 7) is 4.39. The number of Topliss-reactive ketones (excluding diaryl/α,β-unsaturated/α-hetero) is 1. The van der Waals surface area contributed by atoms with E-state index in [1.807, 2.05) is 24.3 Å². The summed E-state index contributed by atoms with van der Waals surface area (Å²) in [4.78, 5) is 13.5. The number of carbonyl (C=O) groups excluding carboxylic acids is 1. The minimum Gasteiger partial charge on any atom is -0.381 e. The van der Waals surface area contributed by atoms with Crippen LogP contribution in [0.4, 0.5) is 5.69 Å². The Bertz CT molecular complexity index is 393. The molecule has 98 valence electrons. The number of benzene rings is 1. The van der Waals surface area contributed by atoms with Crippen molar-refractivity contribution in [3.63, 3.8) is 0 Å². The summed E-state index contributed by atoms with van der Waals surface area (Å²) in [7, 11) is 2.09. The fourth-order valence-electron chi connectivity index (χ4n) is 2.39. The molecule has 1 heterocycles. The highest BCUT2D eigenvalue weighted by molar-refractivity contribution is 5.94. The van der Waals surface area contributed by atoms with E-state index in [2.05, 4.69) is 11.9 Å². The Morgan fingerprint density at radius 3 is 2.67 bits per heavy atom. The van der Waals surface area contributed by atoms with Gasteiger partial charge in [-0.1, -0.05) is 0 Å². The van der Waals surface area contributed by atoms with Crippen LogP contribution < -0.4 is 4.90 Å². The molecule has 0 spiro atoms. The zero-order valence-electron chi connectivity index (χ0n) is 11.2. The summed E-state index contributed by atoms with van der Waals surface area (Å²) in [5.74, 6) is 0.737. The first-order chi connectivity index (χ1) is 8.66. The van der Waals surface area contributed by atoms with Crippen molar-refractivity contribution in [1.82, 2.24) is 0 Å². The molecular formula is C15H21NO2. The average molecular weight is 247 g/mol. The summed E-state index contributed by atoms with van der Waals surface area (Å²) in [6, 6.07) is 7.82. The van der Waals surface area contributed by atoms with Crippen LogP contribution >= 0.6 is 0 Å². The van der Waals surface area contributed by atoms with E-state index >= 15 is 0 Å². The lowest BCUT2D eigenvalue weighted by Gasteiger charge is -2.28. The molecule has 1 aliphatic rings. The third-order valence-corrected chi connectivity index (χ3v) is 3.50. The number of rotatable bonds is 4. The van der Waals surface area contributed by atoms with Crippen molar-refractivity contribution >= 4 is 11.5 Å². The normalized spacial score (nSPS) is 19.6. The maximum absolute atomic E-state index is 11.2. The molecule has 0 aliphatic carbocycles. The number of ketones is 1. The van der Waals surface area contributed by atoms with Gasteiger partial charge in [0.2, 0.25) is 0 Å². The second kappa shape index (κ2) is 6.01. The molecule has 1 unspecified atom stereocenters. The molecule has 1 aliphatic heterocycles. The predicted molar refractivity (Wildman–Crippen MR) is 73.3 cm³/mol. The minimum atomic E-state index is 0.116. The molecule has 1 aromatic carbocycles. The number of nitrogens with zero attached hydrogens (tertiary/aromatic N) is 1. The predicted octanol–water partition coefficient (Wildman–Crippen LogP) is 2.75. The fourth-order valence-corrected chi connectivity index (χ4v) is 2.39. The van der Waals surface area contributed by atoms with Gasteiger partial charge in [-0.05, 0) is 49.9 Å². The van der Waals surface area contributed by atoms with Gasteiger partial charge in [-0.15, -0.1) is 0 Å². The van der Waals surface area contributed by atoms with E-state index in [1.165, 1.54) is 12.8 Å². The fraction of sp³-hybridized carbons (Fsp3) is 0.533. The third-order valence-electron chi connectivity index (χ3n) is 3.50. The Balaban J connectivity index is 1.95. The molecule has 0 N–H and O–H groups in total. The first kappa shape index (κ1) is 13.1. The summed E-state index contributed by atoms with van der Waals surface area (Å²) < 4.78 is 5.50. The zero-order chi connectivity index (χ0) is 13.0. The van der Waals surface area contributed by atoms with E-state index in [-0.39, 0.29) is 5.78 Å². The van der Waals surface area contributed by atoms with Gasteiger partial charge in [-0.2, -0.15) is 0 Å². The lowest BCUT2D eigenvalue weighted by molar-refractivity contribution is 0.0576. The number of anilines is 1. The van der Waals surface area contributed by atoms with Gasteiger partial charge in [0.1, 0.15) is 0 Å². The average Bonchev–Trinajstić information content (AvgIpc) is 2.40. The molecule has 1 saturated heterocycles. The molecule has 0 saturated carbocycles. The van der Waals surface area contributed by atoms with Crippen LogP contribution in [0, 0.1) is 5.92 Å². The second-order valence-electron chi connectivity index (χ2n) is 5.07. The Labute approximate surface area is 109 Å². The molecule has 0 radical (unpaired) electrons. The largest absolute Gasteiger partial charge is 0.381 e. The maximum Gasteiger partial charge on any atom is 0.159 e. The van der Waals surface area contributed by atoms with Crippen LogP contribution in [-0.4, -0.2) is 32.6 Å².